The number of urea groups is 1. The van der Waals surface area contributed by atoms with Gasteiger partial charge in [0.1, 0.15) is 6.04 Å². The van der Waals surface area contributed by atoms with Crippen molar-refractivity contribution in [3.8, 4) is 0 Å². The molecule has 0 aromatic rings. The average molecular weight is 273 g/mol. The quantitative estimate of drug-likeness (QED) is 0.432. The molecule has 1 aliphatic rings. The smallest absolute Gasteiger partial charge is 0.334 e. The zero-order valence-corrected chi connectivity index (χ0v) is 10.3. The lowest BCUT2D eigenvalue weighted by Gasteiger charge is -2.28. The topological polar surface area (TPSA) is 136 Å². The number of carbonyl (C=O) groups excluding carboxylic acids is 3. The predicted molar refractivity (Wildman–Crippen MR) is 61.0 cm³/mol. The number of likely N-dealkylation sites (tertiary alicyclic amines) is 1. The van der Waals surface area contributed by atoms with Crippen LogP contribution in [0.3, 0.4) is 0 Å². The fourth-order valence-electron chi connectivity index (χ4n) is 1.54. The number of carboxylic acid groups (broad SMARTS) is 1. The van der Waals surface area contributed by atoms with Crippen molar-refractivity contribution in [3.05, 3.63) is 0 Å². The number of imide groups is 1. The van der Waals surface area contributed by atoms with Gasteiger partial charge in [0.2, 0.25) is 5.91 Å². The van der Waals surface area contributed by atoms with Crippen molar-refractivity contribution >= 4 is 23.8 Å². The van der Waals surface area contributed by atoms with E-state index in [9.17, 15) is 19.2 Å². The summed E-state index contributed by atoms with van der Waals surface area (Å²) in [6.45, 7) is -0.475. The predicted octanol–water partition coefficient (Wildman–Crippen LogP) is -2.12. The molecule has 2 atom stereocenters. The third kappa shape index (κ3) is 3.91. The summed E-state index contributed by atoms with van der Waals surface area (Å²) in [5, 5.41) is 21.8. The van der Waals surface area contributed by atoms with Gasteiger partial charge in [-0.05, 0) is 6.42 Å². The van der Waals surface area contributed by atoms with E-state index in [4.69, 9.17) is 10.2 Å². The number of rotatable bonds is 4. The zero-order valence-electron chi connectivity index (χ0n) is 10.3. The molecular weight excluding hydrogens is 258 g/mol. The number of aliphatic hydroxyl groups excluding tert-OH is 1. The van der Waals surface area contributed by atoms with E-state index >= 15 is 0 Å². The highest BCUT2D eigenvalue weighted by Gasteiger charge is 2.32. The van der Waals surface area contributed by atoms with Gasteiger partial charge < -0.3 is 20.8 Å². The van der Waals surface area contributed by atoms with E-state index in [1.54, 1.807) is 0 Å². The van der Waals surface area contributed by atoms with Crippen molar-refractivity contribution < 1.29 is 29.4 Å². The largest absolute Gasteiger partial charge is 0.479 e. The van der Waals surface area contributed by atoms with Crippen molar-refractivity contribution in [2.75, 3.05) is 13.6 Å². The molecule has 0 saturated carbocycles. The Hall–Kier alpha value is -2.16. The molecule has 1 fully saturated rings. The summed E-state index contributed by atoms with van der Waals surface area (Å²) in [6.07, 6.45) is -1.38. The fourth-order valence-corrected chi connectivity index (χ4v) is 1.54. The number of nitrogens with one attached hydrogen (secondary N) is 2. The van der Waals surface area contributed by atoms with Crippen LogP contribution in [-0.4, -0.2) is 64.7 Å². The number of aliphatic carboxylic acids is 1. The summed E-state index contributed by atoms with van der Waals surface area (Å²) < 4.78 is 0. The second-order valence-corrected chi connectivity index (χ2v) is 4.09. The molecule has 1 heterocycles. The van der Waals surface area contributed by atoms with Gasteiger partial charge in [-0.2, -0.15) is 0 Å². The molecule has 9 heteroatoms. The fraction of sp³-hybridized carbons (Fsp3) is 0.600. The first-order chi connectivity index (χ1) is 8.82. The molecule has 106 valence electrons. The molecule has 2 unspecified atom stereocenters. The standard InChI is InChI=1S/C10H15N3O6/c1-13-7(15)3-2-5(8(13)16)12-10(19)11-4-6(14)9(17)18/h5-6,14H,2-4H2,1H3,(H,17,18)(H2,11,12,19). The first-order valence-electron chi connectivity index (χ1n) is 5.58. The Labute approximate surface area is 108 Å². The lowest BCUT2D eigenvalue weighted by Crippen LogP contribution is -2.55. The molecule has 1 aliphatic heterocycles. The second kappa shape index (κ2) is 6.14. The Kier molecular flexibility index (Phi) is 4.81. The maximum Gasteiger partial charge on any atom is 0.334 e. The van der Waals surface area contributed by atoms with Gasteiger partial charge in [-0.3, -0.25) is 14.5 Å². The summed E-state index contributed by atoms with van der Waals surface area (Å²) in [4.78, 5) is 45.5. The summed E-state index contributed by atoms with van der Waals surface area (Å²) in [7, 11) is 1.32. The second-order valence-electron chi connectivity index (χ2n) is 4.09. The number of amides is 4. The van der Waals surface area contributed by atoms with Crippen LogP contribution in [0.5, 0.6) is 0 Å². The molecule has 0 spiro atoms. The first kappa shape index (κ1) is 14.9. The van der Waals surface area contributed by atoms with Gasteiger partial charge in [0, 0.05) is 13.5 Å². The number of carboxylic acids is 1. The minimum Gasteiger partial charge on any atom is -0.479 e. The van der Waals surface area contributed by atoms with Crippen LogP contribution in [-0.2, 0) is 14.4 Å². The minimum atomic E-state index is -1.71. The van der Waals surface area contributed by atoms with Crippen molar-refractivity contribution in [1.29, 1.82) is 0 Å². The van der Waals surface area contributed by atoms with Crippen LogP contribution < -0.4 is 10.6 Å². The maximum atomic E-state index is 11.6. The van der Waals surface area contributed by atoms with Crippen molar-refractivity contribution in [3.63, 3.8) is 0 Å². The Morgan fingerprint density at radius 2 is 2.11 bits per heavy atom. The molecular formula is C10H15N3O6. The highest BCUT2D eigenvalue weighted by Crippen LogP contribution is 2.11. The van der Waals surface area contributed by atoms with E-state index in [1.165, 1.54) is 7.05 Å². The number of carbonyl (C=O) groups is 4. The lowest BCUT2D eigenvalue weighted by molar-refractivity contribution is -0.148. The molecule has 0 aliphatic carbocycles. The third-order valence-electron chi connectivity index (χ3n) is 2.70. The van der Waals surface area contributed by atoms with E-state index in [0.717, 1.165) is 4.90 Å². The van der Waals surface area contributed by atoms with Crippen LogP contribution in [0.1, 0.15) is 12.8 Å². The molecule has 4 amide bonds. The van der Waals surface area contributed by atoms with Gasteiger partial charge in [-0.1, -0.05) is 0 Å². The summed E-state index contributed by atoms with van der Waals surface area (Å²) >= 11 is 0. The van der Waals surface area contributed by atoms with E-state index in [1.807, 2.05) is 0 Å². The van der Waals surface area contributed by atoms with Gasteiger partial charge in [-0.25, -0.2) is 9.59 Å². The third-order valence-corrected chi connectivity index (χ3v) is 2.70. The van der Waals surface area contributed by atoms with Crippen LogP contribution in [0.15, 0.2) is 0 Å². The SMILES string of the molecule is CN1C(=O)CCC(NC(=O)NCC(O)C(=O)O)C1=O. The molecule has 1 saturated heterocycles. The molecule has 0 aromatic carbocycles. The van der Waals surface area contributed by atoms with Gasteiger partial charge in [0.25, 0.3) is 5.91 Å². The number of nitrogens with zero attached hydrogens (tertiary/aromatic N) is 1. The molecule has 19 heavy (non-hydrogen) atoms. The lowest BCUT2D eigenvalue weighted by atomic mass is 10.1. The van der Waals surface area contributed by atoms with E-state index in [2.05, 4.69) is 10.6 Å². The van der Waals surface area contributed by atoms with Crippen molar-refractivity contribution in [2.45, 2.75) is 25.0 Å². The number of likely N-dealkylation sites (N-methyl/N-ethyl adjacent to an activating group) is 1. The van der Waals surface area contributed by atoms with Crippen LogP contribution in [0.2, 0.25) is 0 Å². The number of piperidine rings is 1. The molecule has 9 nitrogen and oxygen atoms in total. The minimum absolute atomic E-state index is 0.144. The Balaban J connectivity index is 2.42. The normalized spacial score (nSPS) is 20.9. The maximum absolute atomic E-state index is 11.6. The van der Waals surface area contributed by atoms with Gasteiger partial charge in [0.15, 0.2) is 6.10 Å². The average Bonchev–Trinajstić information content (AvgIpc) is 2.36. The molecule has 0 bridgehead atoms. The van der Waals surface area contributed by atoms with Crippen LogP contribution in [0, 0.1) is 0 Å². The molecule has 4 N–H and O–H groups in total. The van der Waals surface area contributed by atoms with Crippen molar-refractivity contribution in [1.82, 2.24) is 15.5 Å². The van der Waals surface area contributed by atoms with Gasteiger partial charge >= 0.3 is 12.0 Å². The first-order valence-corrected chi connectivity index (χ1v) is 5.58. The zero-order chi connectivity index (χ0) is 14.6. The highest BCUT2D eigenvalue weighted by atomic mass is 16.4. The molecule has 0 radical (unpaired) electrons. The number of aliphatic hydroxyl groups is 1. The molecule has 1 rings (SSSR count). The number of hydrogen-bond acceptors (Lipinski definition) is 5. The van der Waals surface area contributed by atoms with E-state index in [-0.39, 0.29) is 18.7 Å². The van der Waals surface area contributed by atoms with Crippen molar-refractivity contribution in [2.24, 2.45) is 0 Å². The van der Waals surface area contributed by atoms with Crippen LogP contribution >= 0.6 is 0 Å². The number of hydrogen-bond donors (Lipinski definition) is 4. The summed E-state index contributed by atoms with van der Waals surface area (Å²) in [5.41, 5.74) is 0. The van der Waals surface area contributed by atoms with Gasteiger partial charge in [0.05, 0.1) is 6.54 Å². The van der Waals surface area contributed by atoms with Crippen LogP contribution in [0.4, 0.5) is 4.79 Å². The highest BCUT2D eigenvalue weighted by molar-refractivity contribution is 6.01. The van der Waals surface area contributed by atoms with Crippen LogP contribution in [0.25, 0.3) is 0 Å². The summed E-state index contributed by atoms with van der Waals surface area (Å²) in [5.74, 6) is -2.30. The van der Waals surface area contributed by atoms with E-state index in [0.29, 0.717) is 0 Å². The Bertz CT molecular complexity index is 410. The Morgan fingerprint density at radius 1 is 1.47 bits per heavy atom. The van der Waals surface area contributed by atoms with E-state index < -0.39 is 36.6 Å². The summed E-state index contributed by atoms with van der Waals surface area (Å²) in [6, 6.07) is -1.61. The van der Waals surface area contributed by atoms with Gasteiger partial charge in [-0.15, -0.1) is 0 Å². The Morgan fingerprint density at radius 3 is 2.68 bits per heavy atom. The molecule has 0 aromatic heterocycles. The monoisotopic (exact) mass is 273 g/mol.